The van der Waals surface area contributed by atoms with E-state index in [-0.39, 0.29) is 23.1 Å². The first-order valence-electron chi connectivity index (χ1n) is 4.26. The molecule has 6 heteroatoms. The van der Waals surface area contributed by atoms with Gasteiger partial charge < -0.3 is 11.5 Å². The number of thiol groups is 2. The molecule has 0 aromatic rings. The second-order valence-corrected chi connectivity index (χ2v) is 3.83. The largest absolute Gasteiger partial charge is 0.321 e. The average molecular weight is 236 g/mol. The predicted octanol–water partition coefficient (Wildman–Crippen LogP) is -0.725. The van der Waals surface area contributed by atoms with E-state index < -0.39 is 18.0 Å². The minimum atomic E-state index is -0.765. The highest BCUT2D eigenvalue weighted by Crippen LogP contribution is 2.06. The van der Waals surface area contributed by atoms with Gasteiger partial charge in [-0.25, -0.2) is 0 Å². The van der Waals surface area contributed by atoms with Crippen molar-refractivity contribution in [1.82, 2.24) is 0 Å². The highest BCUT2D eigenvalue weighted by Gasteiger charge is 2.28. The second kappa shape index (κ2) is 6.44. The van der Waals surface area contributed by atoms with Crippen LogP contribution in [-0.4, -0.2) is 35.2 Å². The summed E-state index contributed by atoms with van der Waals surface area (Å²) in [5.41, 5.74) is 10.9. The number of Topliss-reactive ketones (excluding diaryl/α,β-unsaturated/α-hetero) is 2. The Hall–Kier alpha value is -0.0400. The molecule has 0 rings (SSSR count). The fraction of sp³-hybridized carbons (Fsp3) is 0.750. The molecule has 0 saturated heterocycles. The Morgan fingerprint density at radius 1 is 1.07 bits per heavy atom. The molecule has 0 aliphatic heterocycles. The summed E-state index contributed by atoms with van der Waals surface area (Å²) in [7, 11) is 0. The summed E-state index contributed by atoms with van der Waals surface area (Å²) in [5.74, 6) is -0.942. The van der Waals surface area contributed by atoms with Crippen LogP contribution in [0.4, 0.5) is 0 Å². The van der Waals surface area contributed by atoms with Crippen molar-refractivity contribution in [2.45, 2.75) is 19.0 Å². The summed E-state index contributed by atoms with van der Waals surface area (Å²) < 4.78 is 0. The highest BCUT2D eigenvalue weighted by atomic mass is 32.1. The molecule has 0 spiro atoms. The van der Waals surface area contributed by atoms with Gasteiger partial charge in [-0.15, -0.1) is 0 Å². The molecular formula is C8H16N2O2S2. The zero-order chi connectivity index (χ0) is 11.3. The van der Waals surface area contributed by atoms with Crippen LogP contribution >= 0.6 is 25.3 Å². The lowest BCUT2D eigenvalue weighted by atomic mass is 9.93. The Morgan fingerprint density at radius 2 is 1.36 bits per heavy atom. The minimum Gasteiger partial charge on any atom is -0.321 e. The number of hydrogen-bond donors (Lipinski definition) is 4. The van der Waals surface area contributed by atoms with Gasteiger partial charge in [0.1, 0.15) is 0 Å². The summed E-state index contributed by atoms with van der Waals surface area (Å²) in [6.45, 7) is 1.51. The third kappa shape index (κ3) is 3.61. The molecule has 14 heavy (non-hydrogen) atoms. The van der Waals surface area contributed by atoms with E-state index in [1.54, 1.807) is 0 Å². The Bertz CT molecular complexity index is 201. The van der Waals surface area contributed by atoms with E-state index in [1.807, 2.05) is 0 Å². The van der Waals surface area contributed by atoms with Gasteiger partial charge in [0.2, 0.25) is 0 Å². The molecule has 82 valence electrons. The first-order chi connectivity index (χ1) is 6.45. The molecule has 4 N–H and O–H groups in total. The smallest absolute Gasteiger partial charge is 0.160 e. The van der Waals surface area contributed by atoms with Gasteiger partial charge in [0, 0.05) is 11.5 Å². The highest BCUT2D eigenvalue weighted by molar-refractivity contribution is 7.80. The van der Waals surface area contributed by atoms with Crippen LogP contribution in [0.2, 0.25) is 0 Å². The van der Waals surface area contributed by atoms with Crippen molar-refractivity contribution in [1.29, 1.82) is 0 Å². The normalized spacial score (nSPS) is 15.3. The van der Waals surface area contributed by atoms with Crippen molar-refractivity contribution in [3.05, 3.63) is 0 Å². The molecule has 0 aromatic heterocycles. The van der Waals surface area contributed by atoms with Crippen LogP contribution in [0.15, 0.2) is 0 Å². The molecule has 2 atom stereocenters. The summed E-state index contributed by atoms with van der Waals surface area (Å²) in [6, 6.07) is -1.41. The number of nitrogens with two attached hydrogens (primary N) is 2. The van der Waals surface area contributed by atoms with Crippen LogP contribution in [0.1, 0.15) is 6.92 Å². The van der Waals surface area contributed by atoms with Crippen molar-refractivity contribution >= 4 is 36.8 Å². The van der Waals surface area contributed by atoms with Crippen molar-refractivity contribution in [2.24, 2.45) is 17.4 Å². The molecule has 0 aromatic carbocycles. The maximum Gasteiger partial charge on any atom is 0.160 e. The fourth-order valence-corrected chi connectivity index (χ4v) is 1.32. The van der Waals surface area contributed by atoms with Crippen molar-refractivity contribution in [3.63, 3.8) is 0 Å². The van der Waals surface area contributed by atoms with E-state index >= 15 is 0 Å². The van der Waals surface area contributed by atoms with Crippen LogP contribution < -0.4 is 11.5 Å². The van der Waals surface area contributed by atoms with Gasteiger partial charge in [0.25, 0.3) is 0 Å². The Balaban J connectivity index is 4.39. The molecule has 0 fully saturated rings. The molecule has 0 unspecified atom stereocenters. The third-order valence-corrected chi connectivity index (χ3v) is 2.76. The molecule has 0 saturated carbocycles. The zero-order valence-corrected chi connectivity index (χ0v) is 9.80. The Morgan fingerprint density at radius 3 is 1.57 bits per heavy atom. The molecule has 0 radical (unpaired) electrons. The van der Waals surface area contributed by atoms with Crippen molar-refractivity contribution in [3.8, 4) is 0 Å². The maximum absolute atomic E-state index is 11.5. The first-order valence-corrected chi connectivity index (χ1v) is 5.52. The molecular weight excluding hydrogens is 220 g/mol. The van der Waals surface area contributed by atoms with Gasteiger partial charge in [0.15, 0.2) is 11.6 Å². The number of rotatable bonds is 6. The number of carbonyl (C=O) groups is 2. The lowest BCUT2D eigenvalue weighted by molar-refractivity contribution is -0.133. The predicted molar refractivity (Wildman–Crippen MR) is 62.8 cm³/mol. The quantitative estimate of drug-likeness (QED) is 0.362. The standard InChI is InChI=1S/C8H16N2O2S2/c1-4(7(11)5(9)2-13)8(12)6(10)3-14/h4-6,13-14H,2-3,9-10H2,1H3/t5-,6-/m0/s1. The first kappa shape index (κ1) is 14.0. The van der Waals surface area contributed by atoms with Crippen LogP contribution in [0.25, 0.3) is 0 Å². The van der Waals surface area contributed by atoms with E-state index in [0.29, 0.717) is 0 Å². The lowest BCUT2D eigenvalue weighted by Crippen LogP contribution is -2.45. The number of ketones is 2. The van der Waals surface area contributed by atoms with E-state index in [9.17, 15) is 9.59 Å². The van der Waals surface area contributed by atoms with Crippen molar-refractivity contribution < 1.29 is 9.59 Å². The number of carbonyl (C=O) groups excluding carboxylic acids is 2. The molecule has 4 nitrogen and oxygen atoms in total. The van der Waals surface area contributed by atoms with Crippen LogP contribution in [0.5, 0.6) is 0 Å². The molecule has 0 amide bonds. The van der Waals surface area contributed by atoms with E-state index in [2.05, 4.69) is 25.3 Å². The van der Waals surface area contributed by atoms with Gasteiger partial charge >= 0.3 is 0 Å². The van der Waals surface area contributed by atoms with E-state index in [1.165, 1.54) is 6.92 Å². The van der Waals surface area contributed by atoms with Gasteiger partial charge in [-0.1, -0.05) is 0 Å². The summed E-state index contributed by atoms with van der Waals surface area (Å²) in [4.78, 5) is 22.9. The Kier molecular flexibility index (Phi) is 6.43. The van der Waals surface area contributed by atoms with E-state index in [0.717, 1.165) is 0 Å². The van der Waals surface area contributed by atoms with Gasteiger partial charge in [-0.2, -0.15) is 25.3 Å². The molecule has 0 bridgehead atoms. The summed E-state index contributed by atoms with van der Waals surface area (Å²) >= 11 is 7.78. The summed E-state index contributed by atoms with van der Waals surface area (Å²) in [5, 5.41) is 0. The average Bonchev–Trinajstić information content (AvgIpc) is 2.23. The van der Waals surface area contributed by atoms with Crippen LogP contribution in [-0.2, 0) is 9.59 Å². The minimum absolute atomic E-state index is 0.229. The van der Waals surface area contributed by atoms with E-state index in [4.69, 9.17) is 11.5 Å². The topological polar surface area (TPSA) is 86.2 Å². The van der Waals surface area contributed by atoms with Gasteiger partial charge in [0.05, 0.1) is 18.0 Å². The maximum atomic E-state index is 11.5. The summed E-state index contributed by atoms with van der Waals surface area (Å²) in [6.07, 6.45) is 0. The SMILES string of the molecule is CC(C(=O)[C@@H](N)CS)C(=O)[C@@H](N)CS. The third-order valence-electron chi connectivity index (χ3n) is 1.98. The monoisotopic (exact) mass is 236 g/mol. The van der Waals surface area contributed by atoms with Crippen molar-refractivity contribution in [2.75, 3.05) is 11.5 Å². The Labute approximate surface area is 94.6 Å². The molecule has 0 aliphatic carbocycles. The number of hydrogen-bond acceptors (Lipinski definition) is 6. The fourth-order valence-electron chi connectivity index (χ4n) is 0.962. The molecule has 0 heterocycles. The van der Waals surface area contributed by atoms with Gasteiger partial charge in [-0.05, 0) is 6.92 Å². The molecule has 0 aliphatic rings. The zero-order valence-electron chi connectivity index (χ0n) is 8.01. The van der Waals surface area contributed by atoms with Gasteiger partial charge in [-0.3, -0.25) is 9.59 Å². The van der Waals surface area contributed by atoms with Crippen LogP contribution in [0, 0.1) is 5.92 Å². The lowest BCUT2D eigenvalue weighted by Gasteiger charge is -2.16. The second-order valence-electron chi connectivity index (χ2n) is 3.10. The van der Waals surface area contributed by atoms with Crippen LogP contribution in [0.3, 0.4) is 0 Å².